The van der Waals surface area contributed by atoms with Crippen molar-refractivity contribution in [3.05, 3.63) is 80.1 Å². The van der Waals surface area contributed by atoms with Crippen LogP contribution in [0.4, 0.5) is 0 Å². The summed E-state index contributed by atoms with van der Waals surface area (Å²) in [5.74, 6) is 0.500. The third-order valence-electron chi connectivity index (χ3n) is 6.83. The number of esters is 1. The van der Waals surface area contributed by atoms with Gasteiger partial charge < -0.3 is 14.2 Å². The molecule has 2 aromatic heterocycles. The molecule has 10 heteroatoms. The lowest BCUT2D eigenvalue weighted by atomic mass is 9.96. The van der Waals surface area contributed by atoms with Crippen LogP contribution < -0.4 is 0 Å². The fourth-order valence-electron chi connectivity index (χ4n) is 4.81. The van der Waals surface area contributed by atoms with Crippen LogP contribution in [0.15, 0.2) is 58.4 Å². The highest BCUT2D eigenvalue weighted by Crippen LogP contribution is 2.37. The van der Waals surface area contributed by atoms with Gasteiger partial charge in [-0.25, -0.2) is 9.78 Å². The number of aromatic nitrogens is 2. The molecule has 6 rings (SSSR count). The van der Waals surface area contributed by atoms with Crippen LogP contribution >= 0.6 is 34.5 Å². The topological polar surface area (TPSA) is 85.5 Å². The molecule has 4 heterocycles. The Bertz CT molecular complexity index is 1490. The molecule has 1 saturated heterocycles. The molecule has 4 aromatic rings. The Morgan fingerprint density at radius 3 is 2.68 bits per heavy atom. The molecule has 0 bridgehead atoms. The van der Waals surface area contributed by atoms with Crippen LogP contribution in [0.3, 0.4) is 0 Å². The number of cyclic esters (lactones) is 1. The smallest absolute Gasteiger partial charge is 0.339 e. The summed E-state index contributed by atoms with van der Waals surface area (Å²) in [5.41, 5.74) is 3.55. The lowest BCUT2D eigenvalue weighted by Gasteiger charge is -2.31. The van der Waals surface area contributed by atoms with Crippen molar-refractivity contribution >= 4 is 46.4 Å². The summed E-state index contributed by atoms with van der Waals surface area (Å²) in [5, 5.41) is 8.09. The first kappa shape index (κ1) is 24.2. The number of carbonyl (C=O) groups excluding carboxylic acids is 2. The van der Waals surface area contributed by atoms with Gasteiger partial charge in [-0.05, 0) is 31.0 Å². The molecule has 37 heavy (non-hydrogen) atoms. The maximum absolute atomic E-state index is 12.9. The third-order valence-corrected chi connectivity index (χ3v) is 8.58. The molecule has 0 aliphatic carbocycles. The number of piperidine rings is 1. The number of hydrogen-bond acceptors (Lipinski definition) is 7. The second-order valence-corrected chi connectivity index (χ2v) is 10.8. The molecule has 188 valence electrons. The number of fused-ring (bicyclic) bond motifs is 1. The van der Waals surface area contributed by atoms with Crippen LogP contribution in [-0.4, -0.2) is 40.0 Å². The standard InChI is InChI=1S/C27H21Cl2N3O4S/c28-19-6-5-16(11-20(19)29)21-12-24(36-31-21)22-14-37-26(30-22)15-7-9-32(10-8-15)25(33)13-23-17-3-1-2-4-18(17)27(34)35-23/h1-6,11-12,14-15,23H,7-10,13H2. The highest BCUT2D eigenvalue weighted by atomic mass is 35.5. The number of nitrogens with zero attached hydrogens (tertiary/aromatic N) is 3. The van der Waals surface area contributed by atoms with Crippen LogP contribution in [0.25, 0.3) is 22.7 Å². The summed E-state index contributed by atoms with van der Waals surface area (Å²) >= 11 is 13.7. The van der Waals surface area contributed by atoms with E-state index >= 15 is 0 Å². The molecule has 2 aromatic carbocycles. The minimum atomic E-state index is -0.508. The number of likely N-dealkylation sites (tertiary alicyclic amines) is 1. The zero-order valence-electron chi connectivity index (χ0n) is 19.5. The summed E-state index contributed by atoms with van der Waals surface area (Å²) in [6, 6.07) is 14.4. The van der Waals surface area contributed by atoms with Crippen molar-refractivity contribution in [3.63, 3.8) is 0 Å². The first-order valence-electron chi connectivity index (χ1n) is 11.9. The Labute approximate surface area is 227 Å². The summed E-state index contributed by atoms with van der Waals surface area (Å²) < 4.78 is 11.0. The van der Waals surface area contributed by atoms with Gasteiger partial charge in [0.1, 0.15) is 17.5 Å². The third kappa shape index (κ3) is 4.77. The first-order chi connectivity index (χ1) is 18.0. The summed E-state index contributed by atoms with van der Waals surface area (Å²) in [7, 11) is 0. The monoisotopic (exact) mass is 553 g/mol. The van der Waals surface area contributed by atoms with Gasteiger partial charge in [0.2, 0.25) is 5.91 Å². The van der Waals surface area contributed by atoms with E-state index in [0.29, 0.717) is 40.2 Å². The Morgan fingerprint density at radius 2 is 1.86 bits per heavy atom. The Kier molecular flexibility index (Phi) is 6.48. The highest BCUT2D eigenvalue weighted by molar-refractivity contribution is 7.10. The molecule has 2 aliphatic heterocycles. The Hall–Kier alpha value is -3.20. The lowest BCUT2D eigenvalue weighted by molar-refractivity contribution is -0.134. The number of carbonyl (C=O) groups is 2. The minimum absolute atomic E-state index is 0.00396. The van der Waals surface area contributed by atoms with Gasteiger partial charge in [-0.15, -0.1) is 11.3 Å². The molecule has 0 saturated carbocycles. The molecule has 7 nitrogen and oxygen atoms in total. The van der Waals surface area contributed by atoms with Crippen molar-refractivity contribution in [3.8, 4) is 22.7 Å². The number of amides is 1. The quantitative estimate of drug-likeness (QED) is 0.253. The highest BCUT2D eigenvalue weighted by Gasteiger charge is 2.34. The van der Waals surface area contributed by atoms with Gasteiger partial charge in [-0.3, -0.25) is 4.79 Å². The molecule has 0 radical (unpaired) electrons. The van der Waals surface area contributed by atoms with E-state index in [-0.39, 0.29) is 24.2 Å². The van der Waals surface area contributed by atoms with Gasteiger partial charge in [0.15, 0.2) is 5.76 Å². The van der Waals surface area contributed by atoms with Gasteiger partial charge in [-0.1, -0.05) is 52.6 Å². The van der Waals surface area contributed by atoms with E-state index in [4.69, 9.17) is 37.4 Å². The molecule has 1 amide bonds. The van der Waals surface area contributed by atoms with Gasteiger partial charge >= 0.3 is 5.97 Å². The van der Waals surface area contributed by atoms with Crippen molar-refractivity contribution in [2.75, 3.05) is 13.1 Å². The SMILES string of the molecule is O=C1OC(CC(=O)N2CCC(c3nc(-c4cc(-c5ccc(Cl)c(Cl)c5)no4)cs3)CC2)c2ccccc21. The largest absolute Gasteiger partial charge is 0.453 e. The predicted molar refractivity (Wildman–Crippen MR) is 141 cm³/mol. The predicted octanol–water partition coefficient (Wildman–Crippen LogP) is 6.78. The fourth-order valence-corrected chi connectivity index (χ4v) is 6.09. The van der Waals surface area contributed by atoms with E-state index in [1.54, 1.807) is 35.6 Å². The van der Waals surface area contributed by atoms with Crippen LogP contribution in [0, 0.1) is 0 Å². The van der Waals surface area contributed by atoms with Gasteiger partial charge in [0.25, 0.3) is 0 Å². The number of thiazole rings is 1. The number of rotatable bonds is 5. The maximum Gasteiger partial charge on any atom is 0.339 e. The van der Waals surface area contributed by atoms with E-state index in [1.165, 1.54) is 0 Å². The van der Waals surface area contributed by atoms with Crippen molar-refractivity contribution in [2.45, 2.75) is 31.3 Å². The second kappa shape index (κ2) is 9.93. The lowest BCUT2D eigenvalue weighted by Crippen LogP contribution is -2.38. The molecule has 1 fully saturated rings. The van der Waals surface area contributed by atoms with Gasteiger partial charge in [0, 0.05) is 41.6 Å². The van der Waals surface area contributed by atoms with Crippen LogP contribution in [-0.2, 0) is 9.53 Å². The van der Waals surface area contributed by atoms with Crippen molar-refractivity contribution in [2.24, 2.45) is 0 Å². The average molecular weight is 554 g/mol. The first-order valence-corrected chi connectivity index (χ1v) is 13.6. The second-order valence-electron chi connectivity index (χ2n) is 9.12. The van der Waals surface area contributed by atoms with Crippen molar-refractivity contribution in [1.82, 2.24) is 15.0 Å². The normalized spacial score (nSPS) is 17.6. The van der Waals surface area contributed by atoms with E-state index in [1.807, 2.05) is 34.5 Å². The zero-order chi connectivity index (χ0) is 25.5. The van der Waals surface area contributed by atoms with Crippen LogP contribution in [0.5, 0.6) is 0 Å². The molecule has 1 atom stereocenters. The van der Waals surface area contributed by atoms with Crippen molar-refractivity contribution < 1.29 is 18.8 Å². The molecule has 2 aliphatic rings. The minimum Gasteiger partial charge on any atom is -0.453 e. The van der Waals surface area contributed by atoms with Gasteiger partial charge in [-0.2, -0.15) is 0 Å². The molecule has 0 N–H and O–H groups in total. The zero-order valence-corrected chi connectivity index (χ0v) is 21.9. The molecular weight excluding hydrogens is 533 g/mol. The molecular formula is C27H21Cl2N3O4S. The van der Waals surface area contributed by atoms with E-state index in [2.05, 4.69) is 5.16 Å². The number of halogens is 2. The Balaban J connectivity index is 1.07. The maximum atomic E-state index is 12.9. The van der Waals surface area contributed by atoms with Crippen LogP contribution in [0.2, 0.25) is 10.0 Å². The number of hydrogen-bond donors (Lipinski definition) is 0. The Morgan fingerprint density at radius 1 is 1.05 bits per heavy atom. The summed E-state index contributed by atoms with van der Waals surface area (Å²) in [6.07, 6.45) is 1.31. The average Bonchev–Trinajstić information content (AvgIpc) is 3.66. The number of ether oxygens (including phenoxy) is 1. The summed E-state index contributed by atoms with van der Waals surface area (Å²) in [6.45, 7) is 1.29. The van der Waals surface area contributed by atoms with Crippen molar-refractivity contribution in [1.29, 1.82) is 0 Å². The summed E-state index contributed by atoms with van der Waals surface area (Å²) in [4.78, 5) is 31.7. The van der Waals surface area contributed by atoms with E-state index in [0.717, 1.165) is 34.7 Å². The van der Waals surface area contributed by atoms with E-state index in [9.17, 15) is 9.59 Å². The molecule has 0 spiro atoms. The number of benzene rings is 2. The van der Waals surface area contributed by atoms with Crippen LogP contribution in [0.1, 0.15) is 52.2 Å². The molecule has 1 unspecified atom stereocenters. The fraction of sp³-hybridized carbons (Fsp3) is 0.259. The van der Waals surface area contributed by atoms with E-state index < -0.39 is 6.10 Å². The van der Waals surface area contributed by atoms with Gasteiger partial charge in [0.05, 0.1) is 27.0 Å².